The Bertz CT molecular complexity index is 739. The Labute approximate surface area is 127 Å². The molecular formula is C16H15N5O. The van der Waals surface area contributed by atoms with Gasteiger partial charge in [0.25, 0.3) is 5.91 Å². The predicted octanol–water partition coefficient (Wildman–Crippen LogP) is 1.77. The Morgan fingerprint density at radius 2 is 1.95 bits per heavy atom. The maximum absolute atomic E-state index is 11.9. The molecule has 3 rings (SSSR count). The molecule has 0 aromatic carbocycles. The van der Waals surface area contributed by atoms with Crippen LogP contribution in [0.1, 0.15) is 10.4 Å². The number of hydrogen-bond donors (Lipinski definition) is 1. The first-order valence-corrected chi connectivity index (χ1v) is 6.95. The van der Waals surface area contributed by atoms with E-state index in [1.54, 1.807) is 41.6 Å². The van der Waals surface area contributed by atoms with Crippen molar-refractivity contribution in [3.05, 3.63) is 66.9 Å². The summed E-state index contributed by atoms with van der Waals surface area (Å²) >= 11 is 0. The quantitative estimate of drug-likeness (QED) is 0.778. The van der Waals surface area contributed by atoms with Gasteiger partial charge in [-0.15, -0.1) is 0 Å². The fourth-order valence-corrected chi connectivity index (χ4v) is 2.05. The van der Waals surface area contributed by atoms with Crippen molar-refractivity contribution in [2.24, 2.45) is 0 Å². The van der Waals surface area contributed by atoms with Crippen LogP contribution in [0.15, 0.2) is 61.3 Å². The van der Waals surface area contributed by atoms with Crippen LogP contribution >= 0.6 is 0 Å². The fraction of sp³-hybridized carbons (Fsp3) is 0.125. The van der Waals surface area contributed by atoms with Gasteiger partial charge in [0, 0.05) is 43.1 Å². The number of nitrogens with one attached hydrogen (secondary N) is 1. The van der Waals surface area contributed by atoms with Crippen LogP contribution < -0.4 is 5.32 Å². The normalized spacial score (nSPS) is 10.4. The molecule has 3 aromatic heterocycles. The lowest BCUT2D eigenvalue weighted by atomic mass is 10.2. The van der Waals surface area contributed by atoms with Gasteiger partial charge in [0.1, 0.15) is 0 Å². The van der Waals surface area contributed by atoms with E-state index in [-0.39, 0.29) is 5.91 Å². The molecule has 0 aliphatic rings. The van der Waals surface area contributed by atoms with Crippen LogP contribution in [0.25, 0.3) is 11.3 Å². The van der Waals surface area contributed by atoms with Crippen LogP contribution in [-0.2, 0) is 6.54 Å². The van der Waals surface area contributed by atoms with Crippen LogP contribution in [0.3, 0.4) is 0 Å². The molecular weight excluding hydrogens is 278 g/mol. The van der Waals surface area contributed by atoms with Gasteiger partial charge in [-0.3, -0.25) is 19.4 Å². The summed E-state index contributed by atoms with van der Waals surface area (Å²) < 4.78 is 1.80. The summed E-state index contributed by atoms with van der Waals surface area (Å²) in [7, 11) is 0. The van der Waals surface area contributed by atoms with Crippen molar-refractivity contribution in [2.75, 3.05) is 6.54 Å². The Morgan fingerprint density at radius 1 is 1.09 bits per heavy atom. The molecule has 0 saturated heterocycles. The van der Waals surface area contributed by atoms with Gasteiger partial charge in [0.2, 0.25) is 0 Å². The lowest BCUT2D eigenvalue weighted by molar-refractivity contribution is 0.0951. The molecule has 1 N–H and O–H groups in total. The minimum atomic E-state index is -0.130. The first-order chi connectivity index (χ1) is 10.8. The molecule has 22 heavy (non-hydrogen) atoms. The number of rotatable bonds is 5. The molecule has 0 saturated carbocycles. The smallest absolute Gasteiger partial charge is 0.252 e. The van der Waals surface area contributed by atoms with Gasteiger partial charge in [-0.1, -0.05) is 0 Å². The molecule has 3 aromatic rings. The SMILES string of the molecule is O=C(NCCn1ccc(-c2ccncc2)n1)c1cccnc1. The summed E-state index contributed by atoms with van der Waals surface area (Å²) in [5.41, 5.74) is 2.47. The third-order valence-corrected chi connectivity index (χ3v) is 3.17. The third kappa shape index (κ3) is 3.35. The molecule has 110 valence electrons. The monoisotopic (exact) mass is 293 g/mol. The number of pyridine rings is 2. The maximum Gasteiger partial charge on any atom is 0.252 e. The van der Waals surface area contributed by atoms with Gasteiger partial charge >= 0.3 is 0 Å². The fourth-order valence-electron chi connectivity index (χ4n) is 2.05. The van der Waals surface area contributed by atoms with Gasteiger partial charge in [-0.05, 0) is 30.3 Å². The van der Waals surface area contributed by atoms with E-state index in [4.69, 9.17) is 0 Å². The summed E-state index contributed by atoms with van der Waals surface area (Å²) in [6.07, 6.45) is 8.56. The van der Waals surface area contributed by atoms with Crippen molar-refractivity contribution in [3.63, 3.8) is 0 Å². The van der Waals surface area contributed by atoms with Crippen LogP contribution in [0.5, 0.6) is 0 Å². The standard InChI is InChI=1S/C16H15N5O/c22-16(14-2-1-6-18-12-14)19-9-11-21-10-5-15(20-21)13-3-7-17-8-4-13/h1-8,10,12H,9,11H2,(H,19,22). The van der Waals surface area contributed by atoms with Gasteiger partial charge in [0.15, 0.2) is 0 Å². The molecule has 1 amide bonds. The number of amides is 1. The zero-order chi connectivity index (χ0) is 15.2. The Kier molecular flexibility index (Phi) is 4.20. The van der Waals surface area contributed by atoms with E-state index < -0.39 is 0 Å². The molecule has 0 atom stereocenters. The predicted molar refractivity (Wildman–Crippen MR) is 82.0 cm³/mol. The highest BCUT2D eigenvalue weighted by Crippen LogP contribution is 2.14. The van der Waals surface area contributed by atoms with Crippen molar-refractivity contribution in [1.82, 2.24) is 25.1 Å². The molecule has 0 fully saturated rings. The average molecular weight is 293 g/mol. The molecule has 3 heterocycles. The summed E-state index contributed by atoms with van der Waals surface area (Å²) in [5.74, 6) is -0.130. The molecule has 0 aliphatic carbocycles. The third-order valence-electron chi connectivity index (χ3n) is 3.17. The van der Waals surface area contributed by atoms with Crippen molar-refractivity contribution >= 4 is 5.91 Å². The number of aromatic nitrogens is 4. The van der Waals surface area contributed by atoms with Gasteiger partial charge in [0.05, 0.1) is 17.8 Å². The maximum atomic E-state index is 11.9. The second kappa shape index (κ2) is 6.62. The highest BCUT2D eigenvalue weighted by Gasteiger charge is 2.05. The van der Waals surface area contributed by atoms with E-state index in [9.17, 15) is 4.79 Å². The van der Waals surface area contributed by atoms with Gasteiger partial charge in [-0.25, -0.2) is 0 Å². The molecule has 6 nitrogen and oxygen atoms in total. The van der Waals surface area contributed by atoms with Crippen molar-refractivity contribution in [2.45, 2.75) is 6.54 Å². The van der Waals surface area contributed by atoms with E-state index in [1.165, 1.54) is 0 Å². The number of carbonyl (C=O) groups excluding carboxylic acids is 1. The minimum Gasteiger partial charge on any atom is -0.350 e. The van der Waals surface area contributed by atoms with Crippen LogP contribution in [0, 0.1) is 0 Å². The highest BCUT2D eigenvalue weighted by atomic mass is 16.1. The molecule has 0 radical (unpaired) electrons. The van der Waals surface area contributed by atoms with Gasteiger partial charge in [-0.2, -0.15) is 5.10 Å². The summed E-state index contributed by atoms with van der Waals surface area (Å²) in [6, 6.07) is 9.24. The second-order valence-electron chi connectivity index (χ2n) is 4.70. The largest absolute Gasteiger partial charge is 0.350 e. The van der Waals surface area contributed by atoms with Crippen molar-refractivity contribution in [3.8, 4) is 11.3 Å². The molecule has 0 aliphatic heterocycles. The van der Waals surface area contributed by atoms with E-state index in [2.05, 4.69) is 20.4 Å². The van der Waals surface area contributed by atoms with E-state index in [0.717, 1.165) is 11.3 Å². The second-order valence-corrected chi connectivity index (χ2v) is 4.70. The lowest BCUT2D eigenvalue weighted by Gasteiger charge is -2.05. The molecule has 0 spiro atoms. The van der Waals surface area contributed by atoms with E-state index in [1.807, 2.05) is 24.4 Å². The van der Waals surface area contributed by atoms with Crippen molar-refractivity contribution in [1.29, 1.82) is 0 Å². The average Bonchev–Trinajstić information content (AvgIpc) is 3.05. The number of nitrogens with zero attached hydrogens (tertiary/aromatic N) is 4. The molecule has 6 heteroatoms. The minimum absolute atomic E-state index is 0.130. The first-order valence-electron chi connectivity index (χ1n) is 6.95. The zero-order valence-electron chi connectivity index (χ0n) is 11.9. The van der Waals surface area contributed by atoms with Crippen LogP contribution in [0.4, 0.5) is 0 Å². The topological polar surface area (TPSA) is 72.7 Å². The van der Waals surface area contributed by atoms with Crippen LogP contribution in [0.2, 0.25) is 0 Å². The molecule has 0 bridgehead atoms. The lowest BCUT2D eigenvalue weighted by Crippen LogP contribution is -2.27. The Morgan fingerprint density at radius 3 is 2.73 bits per heavy atom. The van der Waals surface area contributed by atoms with E-state index >= 15 is 0 Å². The first kappa shape index (κ1) is 13.9. The van der Waals surface area contributed by atoms with Crippen LogP contribution in [-0.4, -0.2) is 32.2 Å². The molecule has 0 unspecified atom stereocenters. The van der Waals surface area contributed by atoms with Gasteiger partial charge < -0.3 is 5.32 Å². The summed E-state index contributed by atoms with van der Waals surface area (Å²) in [6.45, 7) is 1.11. The number of hydrogen-bond acceptors (Lipinski definition) is 4. The highest BCUT2D eigenvalue weighted by molar-refractivity contribution is 5.93. The van der Waals surface area contributed by atoms with Crippen molar-refractivity contribution < 1.29 is 4.79 Å². The Balaban J connectivity index is 1.55. The summed E-state index contributed by atoms with van der Waals surface area (Å²) in [5, 5.41) is 7.32. The number of carbonyl (C=O) groups is 1. The summed E-state index contributed by atoms with van der Waals surface area (Å²) in [4.78, 5) is 19.8. The van der Waals surface area contributed by atoms with E-state index in [0.29, 0.717) is 18.7 Å². The Hall–Kier alpha value is -3.02. The zero-order valence-corrected chi connectivity index (χ0v) is 11.9.